The van der Waals surface area contributed by atoms with Gasteiger partial charge in [-0.3, -0.25) is 14.6 Å². The Kier molecular flexibility index (Phi) is 6.13. The van der Waals surface area contributed by atoms with Crippen molar-refractivity contribution in [3.8, 4) is 0 Å². The van der Waals surface area contributed by atoms with E-state index in [0.717, 1.165) is 24.1 Å². The second kappa shape index (κ2) is 8.09. The third-order valence-electron chi connectivity index (χ3n) is 4.74. The first-order valence-corrected chi connectivity index (χ1v) is 8.32. The molecule has 1 amide bonds. The van der Waals surface area contributed by atoms with Crippen LogP contribution >= 0.6 is 0 Å². The zero-order valence-corrected chi connectivity index (χ0v) is 14.2. The number of nitrogens with zero attached hydrogens (tertiary/aromatic N) is 1. The molecule has 5 heteroatoms. The molecule has 1 heterocycles. The SMILES string of the molecule is Cc1ccc(CC(=O)OCC(=O)NC2CCCC(C)C2C)cn1. The lowest BCUT2D eigenvalue weighted by Gasteiger charge is -2.34. The van der Waals surface area contributed by atoms with Crippen LogP contribution in [0.15, 0.2) is 18.3 Å². The third kappa shape index (κ3) is 5.34. The fourth-order valence-corrected chi connectivity index (χ4v) is 3.00. The Hall–Kier alpha value is -1.91. The minimum absolute atomic E-state index is 0.136. The minimum Gasteiger partial charge on any atom is -0.455 e. The van der Waals surface area contributed by atoms with Gasteiger partial charge in [0.15, 0.2) is 6.61 Å². The molecule has 0 bridgehead atoms. The van der Waals surface area contributed by atoms with Crippen molar-refractivity contribution in [2.24, 2.45) is 11.8 Å². The maximum absolute atomic E-state index is 12.0. The van der Waals surface area contributed by atoms with Gasteiger partial charge in [0.25, 0.3) is 5.91 Å². The fourth-order valence-electron chi connectivity index (χ4n) is 3.00. The van der Waals surface area contributed by atoms with Gasteiger partial charge in [-0.1, -0.05) is 32.8 Å². The molecule has 3 unspecified atom stereocenters. The molecular formula is C18H26N2O3. The number of rotatable bonds is 5. The zero-order chi connectivity index (χ0) is 16.8. The Bertz CT molecular complexity index is 542. The number of nitrogens with one attached hydrogen (secondary N) is 1. The largest absolute Gasteiger partial charge is 0.455 e. The van der Waals surface area contributed by atoms with E-state index in [1.54, 1.807) is 6.20 Å². The van der Waals surface area contributed by atoms with Crippen molar-refractivity contribution in [2.75, 3.05) is 6.61 Å². The maximum atomic E-state index is 12.0. The number of pyridine rings is 1. The van der Waals surface area contributed by atoms with E-state index >= 15 is 0 Å². The third-order valence-corrected chi connectivity index (χ3v) is 4.74. The minimum atomic E-state index is -0.407. The number of hydrogen-bond acceptors (Lipinski definition) is 4. The molecule has 1 N–H and O–H groups in total. The molecule has 0 aromatic carbocycles. The summed E-state index contributed by atoms with van der Waals surface area (Å²) in [5, 5.41) is 3.00. The van der Waals surface area contributed by atoms with Gasteiger partial charge in [-0.15, -0.1) is 0 Å². The standard InChI is InChI=1S/C18H26N2O3/c1-12-5-4-6-16(14(12)3)20-17(21)11-23-18(22)9-15-8-7-13(2)19-10-15/h7-8,10,12,14,16H,4-6,9,11H2,1-3H3,(H,20,21). The van der Waals surface area contributed by atoms with Gasteiger partial charge < -0.3 is 10.1 Å². The van der Waals surface area contributed by atoms with Crippen molar-refractivity contribution in [1.82, 2.24) is 10.3 Å². The molecule has 0 spiro atoms. The molecule has 1 saturated carbocycles. The number of ether oxygens (including phenoxy) is 1. The molecule has 23 heavy (non-hydrogen) atoms. The lowest BCUT2D eigenvalue weighted by molar-refractivity contribution is -0.148. The summed E-state index contributed by atoms with van der Waals surface area (Å²) >= 11 is 0. The highest BCUT2D eigenvalue weighted by Crippen LogP contribution is 2.29. The molecule has 1 aliphatic rings. The van der Waals surface area contributed by atoms with E-state index in [0.29, 0.717) is 11.8 Å². The van der Waals surface area contributed by atoms with Crippen LogP contribution < -0.4 is 5.32 Å². The average molecular weight is 318 g/mol. The number of carbonyl (C=O) groups excluding carboxylic acids is 2. The predicted octanol–water partition coefficient (Wildman–Crippen LogP) is 2.42. The summed E-state index contributed by atoms with van der Waals surface area (Å²) in [5.41, 5.74) is 1.69. The molecule has 2 rings (SSSR count). The normalized spacial score (nSPS) is 24.0. The van der Waals surface area contributed by atoms with Crippen molar-refractivity contribution in [1.29, 1.82) is 0 Å². The van der Waals surface area contributed by atoms with Crippen LogP contribution in [0.1, 0.15) is 44.4 Å². The van der Waals surface area contributed by atoms with E-state index in [4.69, 9.17) is 4.74 Å². The lowest BCUT2D eigenvalue weighted by Crippen LogP contribution is -2.45. The summed E-state index contributed by atoms with van der Waals surface area (Å²) in [4.78, 5) is 27.9. The smallest absolute Gasteiger partial charge is 0.310 e. The number of amides is 1. The molecule has 1 fully saturated rings. The molecule has 1 aromatic rings. The maximum Gasteiger partial charge on any atom is 0.310 e. The molecule has 5 nitrogen and oxygen atoms in total. The molecule has 0 saturated heterocycles. The van der Waals surface area contributed by atoms with E-state index in [1.165, 1.54) is 6.42 Å². The Balaban J connectivity index is 1.73. The van der Waals surface area contributed by atoms with Gasteiger partial charge in [-0.25, -0.2) is 0 Å². The Morgan fingerprint density at radius 1 is 1.30 bits per heavy atom. The van der Waals surface area contributed by atoms with Crippen LogP contribution in [0.2, 0.25) is 0 Å². The van der Waals surface area contributed by atoms with E-state index in [2.05, 4.69) is 24.1 Å². The summed E-state index contributed by atoms with van der Waals surface area (Å²) in [6.45, 7) is 6.07. The summed E-state index contributed by atoms with van der Waals surface area (Å²) in [6, 6.07) is 3.88. The van der Waals surface area contributed by atoms with E-state index in [9.17, 15) is 9.59 Å². The van der Waals surface area contributed by atoms with Crippen LogP contribution in [0.25, 0.3) is 0 Å². The van der Waals surface area contributed by atoms with Gasteiger partial charge in [-0.2, -0.15) is 0 Å². The zero-order valence-electron chi connectivity index (χ0n) is 14.2. The first-order chi connectivity index (χ1) is 11.0. The van der Waals surface area contributed by atoms with Gasteiger partial charge in [-0.05, 0) is 36.8 Å². The first kappa shape index (κ1) is 17.4. The second-order valence-electron chi connectivity index (χ2n) is 6.59. The molecule has 0 aliphatic heterocycles. The Morgan fingerprint density at radius 2 is 2.09 bits per heavy atom. The van der Waals surface area contributed by atoms with Crippen LogP contribution in [0.3, 0.4) is 0 Å². The first-order valence-electron chi connectivity index (χ1n) is 8.32. The highest BCUT2D eigenvalue weighted by molar-refractivity contribution is 5.81. The van der Waals surface area contributed by atoms with Crippen molar-refractivity contribution in [3.63, 3.8) is 0 Å². The number of aromatic nitrogens is 1. The van der Waals surface area contributed by atoms with Crippen LogP contribution in [0.5, 0.6) is 0 Å². The summed E-state index contributed by atoms with van der Waals surface area (Å²) < 4.78 is 5.06. The van der Waals surface area contributed by atoms with Gasteiger partial charge in [0.1, 0.15) is 0 Å². The predicted molar refractivity (Wildman–Crippen MR) is 87.7 cm³/mol. The number of hydrogen-bond donors (Lipinski definition) is 1. The van der Waals surface area contributed by atoms with Crippen LogP contribution in [0.4, 0.5) is 0 Å². The number of carbonyl (C=O) groups is 2. The number of aryl methyl sites for hydroxylation is 1. The summed E-state index contributed by atoms with van der Waals surface area (Å²) in [5.74, 6) is 0.454. The fraction of sp³-hybridized carbons (Fsp3) is 0.611. The highest BCUT2D eigenvalue weighted by atomic mass is 16.5. The van der Waals surface area contributed by atoms with Crippen molar-refractivity contribution >= 4 is 11.9 Å². The quantitative estimate of drug-likeness (QED) is 0.847. The van der Waals surface area contributed by atoms with Gasteiger partial charge in [0, 0.05) is 17.9 Å². The molecule has 0 radical (unpaired) electrons. The van der Waals surface area contributed by atoms with E-state index in [-0.39, 0.29) is 25.0 Å². The monoisotopic (exact) mass is 318 g/mol. The van der Waals surface area contributed by atoms with E-state index < -0.39 is 5.97 Å². The van der Waals surface area contributed by atoms with Crippen molar-refractivity contribution in [3.05, 3.63) is 29.6 Å². The average Bonchev–Trinajstić information content (AvgIpc) is 2.52. The van der Waals surface area contributed by atoms with Crippen LogP contribution in [0, 0.1) is 18.8 Å². The second-order valence-corrected chi connectivity index (χ2v) is 6.59. The van der Waals surface area contributed by atoms with Gasteiger partial charge >= 0.3 is 5.97 Å². The van der Waals surface area contributed by atoms with Crippen molar-refractivity contribution in [2.45, 2.75) is 52.5 Å². The van der Waals surface area contributed by atoms with Gasteiger partial charge in [0.05, 0.1) is 6.42 Å². The number of esters is 1. The topological polar surface area (TPSA) is 68.3 Å². The highest BCUT2D eigenvalue weighted by Gasteiger charge is 2.28. The Labute approximate surface area is 137 Å². The molecule has 1 aromatic heterocycles. The molecular weight excluding hydrogens is 292 g/mol. The lowest BCUT2D eigenvalue weighted by atomic mass is 9.78. The molecule has 3 atom stereocenters. The Morgan fingerprint density at radius 3 is 2.78 bits per heavy atom. The molecule has 126 valence electrons. The van der Waals surface area contributed by atoms with Crippen molar-refractivity contribution < 1.29 is 14.3 Å². The van der Waals surface area contributed by atoms with Crippen LogP contribution in [-0.2, 0) is 20.7 Å². The summed E-state index contributed by atoms with van der Waals surface area (Å²) in [6.07, 6.45) is 5.14. The van der Waals surface area contributed by atoms with Gasteiger partial charge in [0.2, 0.25) is 0 Å². The van der Waals surface area contributed by atoms with Crippen LogP contribution in [-0.4, -0.2) is 29.5 Å². The summed E-state index contributed by atoms with van der Waals surface area (Å²) in [7, 11) is 0. The van der Waals surface area contributed by atoms with E-state index in [1.807, 2.05) is 19.1 Å². The molecule has 1 aliphatic carbocycles.